The van der Waals surface area contributed by atoms with Crippen LogP contribution in [0.4, 0.5) is 14.6 Å². The van der Waals surface area contributed by atoms with E-state index < -0.39 is 0 Å². The van der Waals surface area contributed by atoms with Crippen molar-refractivity contribution >= 4 is 11.7 Å². The maximum Gasteiger partial charge on any atom is 0.229 e. The van der Waals surface area contributed by atoms with Crippen molar-refractivity contribution in [3.05, 3.63) is 77.6 Å². The Balaban J connectivity index is 1.59. The third-order valence-electron chi connectivity index (χ3n) is 5.47. The van der Waals surface area contributed by atoms with Gasteiger partial charge in [-0.15, -0.1) is 0 Å². The fraction of sp³-hybridized carbons (Fsp3) is 0.292. The molecule has 1 aromatic heterocycles. The number of rotatable bonds is 5. The smallest absolute Gasteiger partial charge is 0.229 e. The summed E-state index contributed by atoms with van der Waals surface area (Å²) in [4.78, 5) is 21.9. The van der Waals surface area contributed by atoms with Gasteiger partial charge in [0.1, 0.15) is 11.6 Å². The molecule has 1 amide bonds. The zero-order valence-electron chi connectivity index (χ0n) is 16.6. The Morgan fingerprint density at radius 1 is 0.933 bits per heavy atom. The topological polar surface area (TPSA) is 54.9 Å². The van der Waals surface area contributed by atoms with Crippen molar-refractivity contribution in [1.29, 1.82) is 0 Å². The van der Waals surface area contributed by atoms with Crippen molar-refractivity contribution in [2.75, 3.05) is 5.32 Å². The number of amides is 1. The van der Waals surface area contributed by atoms with Gasteiger partial charge in [0.2, 0.25) is 5.91 Å². The molecule has 2 aromatic carbocycles. The largest absolute Gasteiger partial charge is 0.309 e. The zero-order chi connectivity index (χ0) is 20.9. The summed E-state index contributed by atoms with van der Waals surface area (Å²) in [6.07, 6.45) is 7.18. The van der Waals surface area contributed by atoms with E-state index in [4.69, 9.17) is 4.98 Å². The Morgan fingerprint density at radius 3 is 2.23 bits per heavy atom. The van der Waals surface area contributed by atoms with Crippen LogP contribution in [-0.2, 0) is 11.2 Å². The van der Waals surface area contributed by atoms with Crippen LogP contribution in [0.2, 0.25) is 0 Å². The molecule has 6 heteroatoms. The van der Waals surface area contributed by atoms with Crippen LogP contribution in [0.3, 0.4) is 0 Å². The Kier molecular flexibility index (Phi) is 6.12. The minimum absolute atomic E-state index is 0.131. The van der Waals surface area contributed by atoms with Crippen molar-refractivity contribution in [2.24, 2.45) is 0 Å². The van der Waals surface area contributed by atoms with Gasteiger partial charge in [0.05, 0.1) is 24.0 Å². The molecule has 0 aliphatic heterocycles. The molecule has 0 spiro atoms. The molecule has 0 radical (unpaired) electrons. The first-order valence-electron chi connectivity index (χ1n) is 10.3. The van der Waals surface area contributed by atoms with Crippen LogP contribution >= 0.6 is 0 Å². The summed E-state index contributed by atoms with van der Waals surface area (Å²) >= 11 is 0. The van der Waals surface area contributed by atoms with Crippen molar-refractivity contribution < 1.29 is 13.6 Å². The average Bonchev–Trinajstić information content (AvgIpc) is 2.77. The van der Waals surface area contributed by atoms with Crippen molar-refractivity contribution in [1.82, 2.24) is 9.97 Å². The number of anilines is 1. The minimum Gasteiger partial charge on any atom is -0.309 e. The van der Waals surface area contributed by atoms with Gasteiger partial charge in [-0.1, -0.05) is 31.4 Å². The molecule has 0 bridgehead atoms. The number of benzene rings is 2. The Hall–Kier alpha value is -3.15. The Morgan fingerprint density at radius 2 is 1.57 bits per heavy atom. The number of hydrogen-bond donors (Lipinski definition) is 1. The fourth-order valence-corrected chi connectivity index (χ4v) is 3.88. The van der Waals surface area contributed by atoms with Crippen molar-refractivity contribution in [3.8, 4) is 11.3 Å². The van der Waals surface area contributed by atoms with Crippen LogP contribution in [0.1, 0.15) is 49.3 Å². The molecule has 1 aliphatic rings. The predicted molar refractivity (Wildman–Crippen MR) is 112 cm³/mol. The highest BCUT2D eigenvalue weighted by Crippen LogP contribution is 2.35. The van der Waals surface area contributed by atoms with Gasteiger partial charge in [0.15, 0.2) is 5.82 Å². The van der Waals surface area contributed by atoms with Crippen molar-refractivity contribution in [2.45, 2.75) is 44.4 Å². The predicted octanol–water partition coefficient (Wildman–Crippen LogP) is 5.65. The lowest BCUT2D eigenvalue weighted by atomic mass is 9.86. The van der Waals surface area contributed by atoms with Gasteiger partial charge in [-0.25, -0.2) is 18.7 Å². The van der Waals surface area contributed by atoms with E-state index in [0.29, 0.717) is 11.5 Å². The number of aromatic nitrogens is 2. The molecular weight excluding hydrogens is 384 g/mol. The summed E-state index contributed by atoms with van der Waals surface area (Å²) in [6, 6.07) is 12.0. The van der Waals surface area contributed by atoms with Crippen LogP contribution in [0.25, 0.3) is 11.3 Å². The van der Waals surface area contributed by atoms with Crippen molar-refractivity contribution in [3.63, 3.8) is 0 Å². The zero-order valence-corrected chi connectivity index (χ0v) is 16.6. The molecule has 1 N–H and O–H groups in total. The molecule has 30 heavy (non-hydrogen) atoms. The first-order valence-corrected chi connectivity index (χ1v) is 10.3. The second-order valence-corrected chi connectivity index (χ2v) is 7.68. The molecule has 1 saturated carbocycles. The third kappa shape index (κ3) is 4.87. The normalized spacial score (nSPS) is 14.5. The van der Waals surface area contributed by atoms with Gasteiger partial charge >= 0.3 is 0 Å². The van der Waals surface area contributed by atoms with Gasteiger partial charge in [-0.3, -0.25) is 4.79 Å². The van der Waals surface area contributed by atoms with Gasteiger partial charge in [-0.05, 0) is 54.8 Å². The molecular formula is C24H23F2N3O. The number of halogens is 2. The molecule has 1 aliphatic carbocycles. The molecule has 4 rings (SSSR count). The molecule has 154 valence electrons. The highest BCUT2D eigenvalue weighted by Gasteiger charge is 2.23. The van der Waals surface area contributed by atoms with E-state index in [2.05, 4.69) is 10.3 Å². The van der Waals surface area contributed by atoms with Crippen LogP contribution in [0, 0.1) is 11.6 Å². The van der Waals surface area contributed by atoms with E-state index in [1.807, 2.05) is 0 Å². The van der Waals surface area contributed by atoms with Crippen LogP contribution in [-0.4, -0.2) is 15.9 Å². The maximum atomic E-state index is 13.3. The van der Waals surface area contributed by atoms with Gasteiger partial charge in [-0.2, -0.15) is 0 Å². The lowest BCUT2D eigenvalue weighted by Gasteiger charge is -2.23. The molecule has 1 fully saturated rings. The summed E-state index contributed by atoms with van der Waals surface area (Å²) in [5, 5.41) is 2.89. The molecule has 0 saturated heterocycles. The average molecular weight is 407 g/mol. The van der Waals surface area contributed by atoms with Gasteiger partial charge in [0.25, 0.3) is 0 Å². The minimum atomic E-state index is -0.332. The summed E-state index contributed by atoms with van der Waals surface area (Å²) < 4.78 is 26.4. The summed E-state index contributed by atoms with van der Waals surface area (Å²) in [5.41, 5.74) is 2.95. The number of carbonyl (C=O) groups is 1. The van der Waals surface area contributed by atoms with E-state index in [1.54, 1.807) is 30.5 Å². The first kappa shape index (κ1) is 20.1. The van der Waals surface area contributed by atoms with Gasteiger partial charge < -0.3 is 5.32 Å². The quantitative estimate of drug-likeness (QED) is 0.595. The maximum absolute atomic E-state index is 13.3. The van der Waals surface area contributed by atoms with Gasteiger partial charge in [0, 0.05) is 11.5 Å². The molecule has 1 heterocycles. The monoisotopic (exact) mass is 407 g/mol. The standard InChI is InChI=1S/C24H23F2N3O/c25-19-10-6-16(7-11-19)14-22(30)29-24-23(18-4-2-1-3-5-18)28-21(15-27-24)17-8-12-20(26)13-9-17/h6-13,15,18H,1-5,14H2,(H,27,29,30). The molecule has 0 atom stereocenters. The van der Waals surface area contributed by atoms with E-state index in [0.717, 1.165) is 42.5 Å². The van der Waals surface area contributed by atoms with Crippen LogP contribution in [0.15, 0.2) is 54.7 Å². The SMILES string of the molecule is O=C(Cc1ccc(F)cc1)Nc1ncc(-c2ccc(F)cc2)nc1C1CCCCC1. The first-order chi connectivity index (χ1) is 14.6. The lowest BCUT2D eigenvalue weighted by Crippen LogP contribution is -2.19. The van der Waals surface area contributed by atoms with E-state index in [1.165, 1.54) is 30.7 Å². The summed E-state index contributed by atoms with van der Waals surface area (Å²) in [5.74, 6) is -0.153. The van der Waals surface area contributed by atoms with E-state index in [9.17, 15) is 13.6 Å². The number of carbonyl (C=O) groups excluding carboxylic acids is 1. The Labute approximate surface area is 174 Å². The highest BCUT2D eigenvalue weighted by molar-refractivity contribution is 5.92. The molecule has 4 nitrogen and oxygen atoms in total. The second kappa shape index (κ2) is 9.11. The number of hydrogen-bond acceptors (Lipinski definition) is 3. The third-order valence-corrected chi connectivity index (χ3v) is 5.47. The molecule has 3 aromatic rings. The molecule has 0 unspecified atom stereocenters. The summed E-state index contributed by atoms with van der Waals surface area (Å²) in [6.45, 7) is 0. The van der Waals surface area contributed by atoms with E-state index >= 15 is 0 Å². The fourth-order valence-electron chi connectivity index (χ4n) is 3.88. The van der Waals surface area contributed by atoms with E-state index in [-0.39, 0.29) is 29.9 Å². The second-order valence-electron chi connectivity index (χ2n) is 7.68. The summed E-state index contributed by atoms with van der Waals surface area (Å²) in [7, 11) is 0. The lowest BCUT2D eigenvalue weighted by molar-refractivity contribution is -0.115. The number of nitrogens with zero attached hydrogens (tertiary/aromatic N) is 2. The van der Waals surface area contributed by atoms with Crippen LogP contribution in [0.5, 0.6) is 0 Å². The number of nitrogens with one attached hydrogen (secondary N) is 1. The van der Waals surface area contributed by atoms with Crippen LogP contribution < -0.4 is 5.32 Å². The Bertz CT molecular complexity index is 1010. The highest BCUT2D eigenvalue weighted by atomic mass is 19.1.